The molecule has 0 aliphatic carbocycles. The molecule has 0 radical (unpaired) electrons. The molecule has 43 heavy (non-hydrogen) atoms. The molecule has 8 nitrogen and oxygen atoms in total. The zero-order valence-corrected chi connectivity index (χ0v) is 25.7. The first-order valence-electron chi connectivity index (χ1n) is 14.6. The molecule has 226 valence electrons. The van der Waals surface area contributed by atoms with Crippen molar-refractivity contribution in [1.82, 2.24) is 19.5 Å². The van der Waals surface area contributed by atoms with Gasteiger partial charge in [0, 0.05) is 0 Å². The van der Waals surface area contributed by atoms with Gasteiger partial charge in [-0.2, -0.15) is 14.4 Å². The smallest absolute Gasteiger partial charge is 0.312 e. The minimum atomic E-state index is -2.00. The average Bonchev–Trinajstić information content (AvgIpc) is 3.56. The van der Waals surface area contributed by atoms with Gasteiger partial charge in [-0.1, -0.05) is 87.4 Å². The molecule has 4 aromatic rings. The predicted molar refractivity (Wildman–Crippen MR) is 164 cm³/mol. The third kappa shape index (κ3) is 6.48. The monoisotopic (exact) mass is 605 g/mol. The van der Waals surface area contributed by atoms with Crippen molar-refractivity contribution >= 4 is 25.1 Å². The number of nitrogen functional groups attached to an aromatic ring is 1. The van der Waals surface area contributed by atoms with Crippen LogP contribution in [0.4, 0.5) is 14.6 Å². The van der Waals surface area contributed by atoms with E-state index >= 15 is 4.39 Å². The number of hydrogen-bond acceptors (Lipinski definition) is 7. The third-order valence-corrected chi connectivity index (χ3v) is 13.0. The number of imidazole rings is 1. The molecule has 4 atom stereocenters. The molecule has 0 amide bonds. The molecule has 2 aromatic heterocycles. The topological polar surface area (TPSA) is 97.3 Å². The molecule has 3 heterocycles. The summed E-state index contributed by atoms with van der Waals surface area (Å²) in [6, 6.07) is 22.1. The summed E-state index contributed by atoms with van der Waals surface area (Å²) in [6.45, 7) is 6.83. The lowest BCUT2D eigenvalue weighted by Crippen LogP contribution is -2.47. The van der Waals surface area contributed by atoms with Crippen molar-refractivity contribution in [3.63, 3.8) is 0 Å². The van der Waals surface area contributed by atoms with Crippen LogP contribution in [0.3, 0.4) is 0 Å². The van der Waals surface area contributed by atoms with Crippen LogP contribution in [0.1, 0.15) is 38.1 Å². The number of alkyl halides is 1. The summed E-state index contributed by atoms with van der Waals surface area (Å²) < 4.78 is 51.5. The van der Waals surface area contributed by atoms with Gasteiger partial charge in [-0.05, 0) is 29.3 Å². The first kappa shape index (κ1) is 30.8. The third-order valence-electron chi connectivity index (χ3n) is 8.32. The molecule has 0 saturated carbocycles. The van der Waals surface area contributed by atoms with Gasteiger partial charge in [-0.25, -0.2) is 9.37 Å². The lowest BCUT2D eigenvalue weighted by atomic mass is 9.97. The van der Waals surface area contributed by atoms with Crippen LogP contribution >= 0.6 is 0 Å². The van der Waals surface area contributed by atoms with E-state index in [9.17, 15) is 4.39 Å². The Labute approximate surface area is 251 Å². The fraction of sp³-hybridized carbons (Fsp3) is 0.406. The SMILES string of the molecule is CC[Si](C#CC1(COCc2ccccc2)OC(n2cnc3c(N)nc(F)nc32)C(F)C1OCc1ccccc1)(CC)CC. The van der Waals surface area contributed by atoms with Gasteiger partial charge >= 0.3 is 6.08 Å². The normalized spacial score (nSPS) is 22.0. The number of aromatic nitrogens is 4. The quantitative estimate of drug-likeness (QED) is 0.127. The average molecular weight is 606 g/mol. The molecule has 1 fully saturated rings. The number of nitrogens with two attached hydrogens (primary N) is 1. The van der Waals surface area contributed by atoms with Crippen LogP contribution in [0.5, 0.6) is 0 Å². The van der Waals surface area contributed by atoms with Gasteiger partial charge in [-0.15, -0.1) is 5.54 Å². The Morgan fingerprint density at radius 1 is 0.977 bits per heavy atom. The highest BCUT2D eigenvalue weighted by atomic mass is 28.3. The molecule has 1 saturated heterocycles. The van der Waals surface area contributed by atoms with Crippen molar-refractivity contribution in [2.24, 2.45) is 0 Å². The summed E-state index contributed by atoms with van der Waals surface area (Å²) in [5, 5.41) is 0. The van der Waals surface area contributed by atoms with E-state index in [0.29, 0.717) is 0 Å². The Hall–Kier alpha value is -3.69. The van der Waals surface area contributed by atoms with E-state index in [1.165, 1.54) is 10.9 Å². The minimum absolute atomic E-state index is 0.0211. The standard InChI is InChI=1S/C32H37F2N5O3Si/c1-4-43(5-2,6-3)18-17-32(21-40-19-23-13-9-7-10-14-23)27(41-20-24-15-11-8-12-16-24)25(33)30(42-32)39-22-36-26-28(35)37-31(34)38-29(26)39/h7-16,22,25,27,30H,4-6,19-21H2,1-3H3,(H2,35,37,38). The van der Waals surface area contributed by atoms with Crippen LogP contribution in [0.15, 0.2) is 67.0 Å². The van der Waals surface area contributed by atoms with Gasteiger partial charge < -0.3 is 19.9 Å². The Kier molecular flexibility index (Phi) is 9.51. The number of benzene rings is 2. The molecule has 1 aliphatic heterocycles. The van der Waals surface area contributed by atoms with E-state index in [2.05, 4.69) is 47.2 Å². The second-order valence-electron chi connectivity index (χ2n) is 10.8. The molecule has 11 heteroatoms. The zero-order valence-electron chi connectivity index (χ0n) is 24.7. The second-order valence-corrected chi connectivity index (χ2v) is 15.8. The van der Waals surface area contributed by atoms with Crippen molar-refractivity contribution in [2.45, 2.75) is 76.2 Å². The first-order valence-corrected chi connectivity index (χ1v) is 17.2. The lowest BCUT2D eigenvalue weighted by molar-refractivity contribution is -0.123. The summed E-state index contributed by atoms with van der Waals surface area (Å²) in [7, 11) is -2.00. The molecule has 1 aliphatic rings. The highest BCUT2D eigenvalue weighted by molar-refractivity contribution is 6.87. The van der Waals surface area contributed by atoms with E-state index in [1.807, 2.05) is 60.7 Å². The Bertz CT molecular complexity index is 1570. The minimum Gasteiger partial charge on any atom is -0.382 e. The Morgan fingerprint density at radius 2 is 1.60 bits per heavy atom. The van der Waals surface area contributed by atoms with Crippen molar-refractivity contribution < 1.29 is 23.0 Å². The fourth-order valence-corrected chi connectivity index (χ4v) is 7.96. The molecule has 2 aromatic carbocycles. The van der Waals surface area contributed by atoms with Crippen LogP contribution in [0, 0.1) is 17.5 Å². The fourth-order valence-electron chi connectivity index (χ4n) is 5.45. The number of hydrogen-bond donors (Lipinski definition) is 1. The van der Waals surface area contributed by atoms with E-state index in [4.69, 9.17) is 19.9 Å². The number of anilines is 1. The summed E-state index contributed by atoms with van der Waals surface area (Å²) in [4.78, 5) is 11.6. The highest BCUT2D eigenvalue weighted by Crippen LogP contribution is 2.43. The van der Waals surface area contributed by atoms with E-state index in [0.717, 1.165) is 29.3 Å². The van der Waals surface area contributed by atoms with E-state index in [-0.39, 0.29) is 36.8 Å². The summed E-state index contributed by atoms with van der Waals surface area (Å²) >= 11 is 0. The molecule has 0 bridgehead atoms. The van der Waals surface area contributed by atoms with Crippen molar-refractivity contribution in [3.05, 3.63) is 84.2 Å². The number of nitrogens with zero attached hydrogens (tertiary/aromatic N) is 4. The number of ether oxygens (including phenoxy) is 3. The van der Waals surface area contributed by atoms with Crippen LogP contribution in [-0.4, -0.2) is 52.1 Å². The van der Waals surface area contributed by atoms with E-state index < -0.39 is 38.3 Å². The van der Waals surface area contributed by atoms with E-state index in [1.54, 1.807) is 0 Å². The molecule has 0 spiro atoms. The predicted octanol–water partition coefficient (Wildman–Crippen LogP) is 6.01. The number of rotatable bonds is 11. The van der Waals surface area contributed by atoms with Gasteiger partial charge in [0.1, 0.15) is 14.2 Å². The maximum absolute atomic E-state index is 16.8. The van der Waals surface area contributed by atoms with Gasteiger partial charge in [-0.3, -0.25) is 4.57 Å². The second kappa shape index (κ2) is 13.3. The molecular weight excluding hydrogens is 568 g/mol. The lowest BCUT2D eigenvalue weighted by Gasteiger charge is -2.30. The molecular formula is C32H37F2N5O3Si. The molecule has 2 N–H and O–H groups in total. The van der Waals surface area contributed by atoms with Crippen LogP contribution in [0.2, 0.25) is 18.1 Å². The van der Waals surface area contributed by atoms with Crippen LogP contribution in [0.25, 0.3) is 11.2 Å². The highest BCUT2D eigenvalue weighted by Gasteiger charge is 2.58. The van der Waals surface area contributed by atoms with Crippen LogP contribution in [-0.2, 0) is 27.4 Å². The van der Waals surface area contributed by atoms with Crippen LogP contribution < -0.4 is 5.73 Å². The van der Waals surface area contributed by atoms with Crippen molar-refractivity contribution in [3.8, 4) is 11.5 Å². The number of fused-ring (bicyclic) bond motifs is 1. The van der Waals surface area contributed by atoms with Gasteiger partial charge in [0.2, 0.25) is 0 Å². The Morgan fingerprint density at radius 3 is 2.23 bits per heavy atom. The first-order chi connectivity index (χ1) is 20.8. The van der Waals surface area contributed by atoms with Crippen molar-refractivity contribution in [1.29, 1.82) is 0 Å². The molecule has 5 rings (SSSR count). The van der Waals surface area contributed by atoms with Gasteiger partial charge in [0.05, 0.1) is 26.1 Å². The summed E-state index contributed by atoms with van der Waals surface area (Å²) in [5.41, 5.74) is 10.0. The van der Waals surface area contributed by atoms with Gasteiger partial charge in [0.15, 0.2) is 35.0 Å². The summed E-state index contributed by atoms with van der Waals surface area (Å²) in [5.74, 6) is 3.24. The van der Waals surface area contributed by atoms with Crippen molar-refractivity contribution in [2.75, 3.05) is 12.3 Å². The Balaban J connectivity index is 1.58. The zero-order chi connectivity index (χ0) is 30.5. The number of halogens is 2. The molecule has 4 unspecified atom stereocenters. The largest absolute Gasteiger partial charge is 0.382 e. The van der Waals surface area contributed by atoms with Gasteiger partial charge in [0.25, 0.3) is 0 Å². The maximum Gasteiger partial charge on any atom is 0.312 e. The maximum atomic E-state index is 16.8. The summed E-state index contributed by atoms with van der Waals surface area (Å²) in [6.07, 6.45) is -3.86.